The van der Waals surface area contributed by atoms with Crippen molar-refractivity contribution in [3.8, 4) is 0 Å². The van der Waals surface area contributed by atoms with Gasteiger partial charge in [0.15, 0.2) is 0 Å². The molecule has 0 spiro atoms. The second-order valence-electron chi connectivity index (χ2n) is 8.87. The van der Waals surface area contributed by atoms with Crippen LogP contribution in [0.1, 0.15) is 36.0 Å². The molecule has 33 heavy (non-hydrogen) atoms. The predicted molar refractivity (Wildman–Crippen MR) is 131 cm³/mol. The smallest absolute Gasteiger partial charge is 0.313 e. The van der Waals surface area contributed by atoms with Gasteiger partial charge in [0.25, 0.3) is 0 Å². The number of hydrogen-bond donors (Lipinski definition) is 1. The zero-order chi connectivity index (χ0) is 23.2. The van der Waals surface area contributed by atoms with Crippen molar-refractivity contribution in [2.45, 2.75) is 43.2 Å². The minimum atomic E-state index is -3.93. The second kappa shape index (κ2) is 8.76. The third-order valence-corrected chi connectivity index (χ3v) is 8.29. The van der Waals surface area contributed by atoms with E-state index in [9.17, 15) is 8.42 Å². The average molecular weight is 483 g/mol. The van der Waals surface area contributed by atoms with E-state index >= 15 is 0 Å². The molecule has 2 aliphatic heterocycles. The Morgan fingerprint density at radius 1 is 1.06 bits per heavy atom. The number of hydroxylamine groups is 2. The molecule has 1 saturated heterocycles. The number of nitrogens with zero attached hydrogens (tertiary/aromatic N) is 1. The van der Waals surface area contributed by atoms with E-state index in [1.54, 1.807) is 29.3 Å². The van der Waals surface area contributed by atoms with Crippen LogP contribution in [-0.4, -0.2) is 32.1 Å². The Hall–Kier alpha value is -2.38. The van der Waals surface area contributed by atoms with Crippen molar-refractivity contribution < 1.29 is 12.7 Å². The van der Waals surface area contributed by atoms with Gasteiger partial charge in [-0.3, -0.25) is 0 Å². The topological polar surface area (TPSA) is 58.6 Å². The van der Waals surface area contributed by atoms with Crippen LogP contribution in [0.3, 0.4) is 0 Å². The SMILES string of the molecule is CCC1[C@@H]2Nc3ccc(Cl)cc3C(c3ccccc3)[C@H]2CN1OS(=O)(=O)c1ccc(C)cc1. The van der Waals surface area contributed by atoms with Gasteiger partial charge < -0.3 is 5.32 Å². The highest BCUT2D eigenvalue weighted by molar-refractivity contribution is 7.86. The first-order chi connectivity index (χ1) is 15.9. The maximum Gasteiger partial charge on any atom is 0.313 e. The molecule has 0 saturated carbocycles. The summed E-state index contributed by atoms with van der Waals surface area (Å²) < 4.78 is 31.9. The molecular formula is C26H27ClN2O3S. The molecule has 2 heterocycles. The van der Waals surface area contributed by atoms with Crippen molar-refractivity contribution in [3.05, 3.63) is 94.5 Å². The van der Waals surface area contributed by atoms with Crippen LogP contribution >= 0.6 is 11.6 Å². The van der Waals surface area contributed by atoms with Crippen LogP contribution in [0.25, 0.3) is 0 Å². The van der Waals surface area contributed by atoms with Crippen LogP contribution < -0.4 is 5.32 Å². The highest BCUT2D eigenvalue weighted by Gasteiger charge is 2.50. The number of aryl methyl sites for hydroxylation is 1. The van der Waals surface area contributed by atoms with Gasteiger partial charge in [-0.2, -0.15) is 17.8 Å². The summed E-state index contributed by atoms with van der Waals surface area (Å²) in [5, 5.41) is 6.03. The van der Waals surface area contributed by atoms with Crippen LogP contribution in [0.15, 0.2) is 77.7 Å². The molecule has 0 amide bonds. The lowest BCUT2D eigenvalue weighted by molar-refractivity contribution is -0.0676. The first-order valence-electron chi connectivity index (χ1n) is 11.3. The quantitative estimate of drug-likeness (QED) is 0.512. The minimum absolute atomic E-state index is 0.0436. The van der Waals surface area contributed by atoms with Crippen LogP contribution in [-0.2, 0) is 14.4 Å². The molecule has 0 radical (unpaired) electrons. The van der Waals surface area contributed by atoms with Crippen LogP contribution in [0.4, 0.5) is 5.69 Å². The van der Waals surface area contributed by atoms with Gasteiger partial charge in [0.1, 0.15) is 0 Å². The molecule has 0 bridgehead atoms. The molecule has 7 heteroatoms. The van der Waals surface area contributed by atoms with Crippen molar-refractivity contribution in [2.24, 2.45) is 5.92 Å². The van der Waals surface area contributed by atoms with Gasteiger partial charge in [-0.1, -0.05) is 66.6 Å². The molecule has 172 valence electrons. The van der Waals surface area contributed by atoms with Gasteiger partial charge in [-0.25, -0.2) is 0 Å². The largest absolute Gasteiger partial charge is 0.380 e. The maximum atomic E-state index is 13.1. The van der Waals surface area contributed by atoms with E-state index in [1.165, 1.54) is 5.56 Å². The lowest BCUT2D eigenvalue weighted by Crippen LogP contribution is -2.43. The van der Waals surface area contributed by atoms with E-state index in [4.69, 9.17) is 15.9 Å². The number of fused-ring (bicyclic) bond motifs is 2. The van der Waals surface area contributed by atoms with Crippen LogP contribution in [0.2, 0.25) is 5.02 Å². The Balaban J connectivity index is 1.52. The highest BCUT2D eigenvalue weighted by Crippen LogP contribution is 2.48. The minimum Gasteiger partial charge on any atom is -0.380 e. The monoisotopic (exact) mass is 482 g/mol. The van der Waals surface area contributed by atoms with E-state index in [1.807, 2.05) is 43.3 Å². The van der Waals surface area contributed by atoms with E-state index in [0.29, 0.717) is 11.6 Å². The fraction of sp³-hybridized carbons (Fsp3) is 0.308. The number of hydrogen-bond acceptors (Lipinski definition) is 5. The Kier molecular flexibility index (Phi) is 5.95. The van der Waals surface area contributed by atoms with Gasteiger partial charge in [0.05, 0.1) is 10.9 Å². The van der Waals surface area contributed by atoms with Crippen molar-refractivity contribution in [3.63, 3.8) is 0 Å². The van der Waals surface area contributed by atoms with Crippen molar-refractivity contribution in [1.29, 1.82) is 0 Å². The van der Waals surface area contributed by atoms with E-state index in [2.05, 4.69) is 24.4 Å². The molecule has 2 unspecified atom stereocenters. The number of rotatable bonds is 5. The summed E-state index contributed by atoms with van der Waals surface area (Å²) in [5.41, 5.74) is 4.36. The molecule has 4 atom stereocenters. The fourth-order valence-corrected chi connectivity index (χ4v) is 6.43. The van der Waals surface area contributed by atoms with Crippen LogP contribution in [0, 0.1) is 12.8 Å². The molecule has 1 N–H and O–H groups in total. The van der Waals surface area contributed by atoms with Gasteiger partial charge >= 0.3 is 10.1 Å². The Morgan fingerprint density at radius 2 is 1.79 bits per heavy atom. The first kappa shape index (κ1) is 22.4. The summed E-state index contributed by atoms with van der Waals surface area (Å²) in [6.07, 6.45) is 0.752. The van der Waals surface area contributed by atoms with Gasteiger partial charge in [-0.15, -0.1) is 0 Å². The summed E-state index contributed by atoms with van der Waals surface area (Å²) in [5.74, 6) is 0.201. The average Bonchev–Trinajstić information content (AvgIpc) is 3.14. The molecule has 1 fully saturated rings. The fourth-order valence-electron chi connectivity index (χ4n) is 5.27. The number of halogens is 1. The second-order valence-corrected chi connectivity index (χ2v) is 10.8. The van der Waals surface area contributed by atoms with Gasteiger partial charge in [0.2, 0.25) is 0 Å². The molecule has 5 rings (SSSR count). The standard InChI is InChI=1S/C26H27ClN2O3S/c1-3-24-26-22(16-29(24)32-33(30,31)20-12-9-17(2)10-13-20)25(18-7-5-4-6-8-18)21-15-19(27)11-14-23(21)28-26/h4-15,22,24-26,28H,3,16H2,1-2H3/t22-,24?,25?,26-/m1/s1. The molecule has 0 aromatic heterocycles. The predicted octanol–water partition coefficient (Wildman–Crippen LogP) is 5.61. The summed E-state index contributed by atoms with van der Waals surface area (Å²) in [7, 11) is -3.93. The Bertz CT molecular complexity index is 1250. The molecule has 3 aromatic carbocycles. The Labute approximate surface area is 200 Å². The summed E-state index contributed by atoms with van der Waals surface area (Å²) in [6.45, 7) is 4.49. The van der Waals surface area contributed by atoms with Crippen molar-refractivity contribution in [1.82, 2.24) is 5.06 Å². The normalized spacial score (nSPS) is 24.7. The summed E-state index contributed by atoms with van der Waals surface area (Å²) in [4.78, 5) is 0.167. The lowest BCUT2D eigenvalue weighted by atomic mass is 9.74. The molecule has 2 aliphatic rings. The number of anilines is 1. The number of nitrogens with one attached hydrogen (secondary N) is 1. The maximum absolute atomic E-state index is 13.1. The van der Waals surface area contributed by atoms with Gasteiger partial charge in [0, 0.05) is 35.1 Å². The van der Waals surface area contributed by atoms with Crippen molar-refractivity contribution in [2.75, 3.05) is 11.9 Å². The zero-order valence-electron chi connectivity index (χ0n) is 18.6. The first-order valence-corrected chi connectivity index (χ1v) is 13.0. The third kappa shape index (κ3) is 4.17. The molecule has 3 aromatic rings. The van der Waals surface area contributed by atoms with Crippen molar-refractivity contribution >= 4 is 27.4 Å². The zero-order valence-corrected chi connectivity index (χ0v) is 20.2. The third-order valence-electron chi connectivity index (χ3n) is 6.82. The van der Waals surface area contributed by atoms with E-state index < -0.39 is 10.1 Å². The van der Waals surface area contributed by atoms with E-state index in [-0.39, 0.29) is 28.8 Å². The highest BCUT2D eigenvalue weighted by atomic mass is 35.5. The molecule has 0 aliphatic carbocycles. The van der Waals surface area contributed by atoms with Gasteiger partial charge in [-0.05, 0) is 54.8 Å². The molecular weight excluding hydrogens is 456 g/mol. The number of benzene rings is 3. The van der Waals surface area contributed by atoms with Crippen LogP contribution in [0.5, 0.6) is 0 Å². The summed E-state index contributed by atoms with van der Waals surface area (Å²) >= 11 is 6.38. The summed E-state index contributed by atoms with van der Waals surface area (Å²) in [6, 6.07) is 23.0. The lowest BCUT2D eigenvalue weighted by Gasteiger charge is -2.38. The molecule has 5 nitrogen and oxygen atoms in total. The Morgan fingerprint density at radius 3 is 2.48 bits per heavy atom. The van der Waals surface area contributed by atoms with E-state index in [0.717, 1.165) is 23.2 Å².